The predicted octanol–water partition coefficient (Wildman–Crippen LogP) is 1.47. The highest BCUT2D eigenvalue weighted by atomic mass is 32.2. The first-order chi connectivity index (χ1) is 7.08. The van der Waals surface area contributed by atoms with E-state index in [9.17, 15) is 12.8 Å². The lowest BCUT2D eigenvalue weighted by molar-refractivity contribution is 0.559. The minimum absolute atomic E-state index is 0.300. The number of thioether (sulfide) groups is 1. The summed E-state index contributed by atoms with van der Waals surface area (Å²) in [5.74, 6) is -0.0672. The maximum atomic E-state index is 13.2. The molecule has 0 aliphatic carbocycles. The van der Waals surface area contributed by atoms with Crippen LogP contribution in [0, 0.1) is 5.82 Å². The van der Waals surface area contributed by atoms with Crippen molar-refractivity contribution < 1.29 is 12.8 Å². The van der Waals surface area contributed by atoms with Gasteiger partial charge < -0.3 is 0 Å². The van der Waals surface area contributed by atoms with E-state index in [2.05, 4.69) is 4.72 Å². The molecule has 1 N–H and O–H groups in total. The van der Waals surface area contributed by atoms with Crippen LogP contribution in [0.2, 0.25) is 0 Å². The second-order valence-corrected chi connectivity index (χ2v) is 5.54. The Kier molecular flexibility index (Phi) is 4.56. The SMILES string of the molecule is CSCCNS(=O)(=O)c1ccccc1F. The maximum Gasteiger partial charge on any atom is 0.243 e. The van der Waals surface area contributed by atoms with E-state index >= 15 is 0 Å². The Balaban J connectivity index is 2.83. The topological polar surface area (TPSA) is 46.2 Å². The fourth-order valence-corrected chi connectivity index (χ4v) is 2.56. The van der Waals surface area contributed by atoms with Gasteiger partial charge in [-0.3, -0.25) is 0 Å². The van der Waals surface area contributed by atoms with E-state index in [0.29, 0.717) is 12.3 Å². The lowest BCUT2D eigenvalue weighted by Gasteiger charge is -2.06. The van der Waals surface area contributed by atoms with Crippen molar-refractivity contribution in [1.29, 1.82) is 0 Å². The van der Waals surface area contributed by atoms with Crippen LogP contribution in [0.25, 0.3) is 0 Å². The lowest BCUT2D eigenvalue weighted by Crippen LogP contribution is -2.26. The highest BCUT2D eigenvalue weighted by molar-refractivity contribution is 7.98. The van der Waals surface area contributed by atoms with Crippen molar-refractivity contribution in [1.82, 2.24) is 4.72 Å². The molecule has 0 amide bonds. The molecule has 1 aromatic rings. The van der Waals surface area contributed by atoms with Crippen molar-refractivity contribution in [3.8, 4) is 0 Å². The van der Waals surface area contributed by atoms with Crippen LogP contribution in [0.1, 0.15) is 0 Å². The Bertz CT molecular complexity index is 420. The van der Waals surface area contributed by atoms with Crippen molar-refractivity contribution in [3.63, 3.8) is 0 Å². The summed E-state index contributed by atoms with van der Waals surface area (Å²) < 4.78 is 38.6. The molecule has 6 heteroatoms. The fourth-order valence-electron chi connectivity index (χ4n) is 1.02. The molecule has 1 rings (SSSR count). The van der Waals surface area contributed by atoms with Crippen LogP contribution in [-0.4, -0.2) is 27.0 Å². The zero-order valence-corrected chi connectivity index (χ0v) is 9.87. The van der Waals surface area contributed by atoms with Gasteiger partial charge in [-0.1, -0.05) is 12.1 Å². The largest absolute Gasteiger partial charge is 0.243 e. The smallest absolute Gasteiger partial charge is 0.210 e. The van der Waals surface area contributed by atoms with Crippen molar-refractivity contribution in [2.75, 3.05) is 18.6 Å². The Morgan fingerprint density at radius 2 is 2.07 bits per heavy atom. The fraction of sp³-hybridized carbons (Fsp3) is 0.333. The first-order valence-corrected chi connectivity index (χ1v) is 7.19. The van der Waals surface area contributed by atoms with Crippen LogP contribution in [0.3, 0.4) is 0 Å². The first-order valence-electron chi connectivity index (χ1n) is 4.31. The number of sulfonamides is 1. The molecule has 3 nitrogen and oxygen atoms in total. The molecule has 84 valence electrons. The van der Waals surface area contributed by atoms with Crippen molar-refractivity contribution in [2.45, 2.75) is 4.90 Å². The predicted molar refractivity (Wildman–Crippen MR) is 60.0 cm³/mol. The molecule has 0 spiro atoms. The zero-order chi connectivity index (χ0) is 11.3. The quantitative estimate of drug-likeness (QED) is 0.804. The van der Waals surface area contributed by atoms with Gasteiger partial charge in [0.2, 0.25) is 10.0 Å². The number of nitrogens with one attached hydrogen (secondary N) is 1. The molecule has 0 unspecified atom stereocenters. The third-order valence-corrected chi connectivity index (χ3v) is 3.83. The summed E-state index contributed by atoms with van der Waals surface area (Å²) in [5, 5.41) is 0. The van der Waals surface area contributed by atoms with Gasteiger partial charge in [-0.05, 0) is 18.4 Å². The van der Waals surface area contributed by atoms with Crippen LogP contribution in [-0.2, 0) is 10.0 Å². The van der Waals surface area contributed by atoms with Gasteiger partial charge in [-0.2, -0.15) is 11.8 Å². The van der Waals surface area contributed by atoms with E-state index in [1.165, 1.54) is 30.0 Å². The molecule has 0 aliphatic heterocycles. The third kappa shape index (κ3) is 3.48. The van der Waals surface area contributed by atoms with E-state index in [4.69, 9.17) is 0 Å². The molecule has 0 aliphatic rings. The van der Waals surface area contributed by atoms with Gasteiger partial charge in [0.25, 0.3) is 0 Å². The molecule has 0 saturated heterocycles. The standard InChI is InChI=1S/C9H12FNO2S2/c1-14-7-6-11-15(12,13)9-5-3-2-4-8(9)10/h2-5,11H,6-7H2,1H3. The minimum atomic E-state index is -3.70. The molecule has 0 atom stereocenters. The van der Waals surface area contributed by atoms with E-state index in [1.807, 2.05) is 6.26 Å². The summed E-state index contributed by atoms with van der Waals surface area (Å²) in [7, 11) is -3.70. The molecule has 0 fully saturated rings. The number of halogens is 1. The van der Waals surface area contributed by atoms with Crippen molar-refractivity contribution in [3.05, 3.63) is 30.1 Å². The van der Waals surface area contributed by atoms with Crippen LogP contribution >= 0.6 is 11.8 Å². The number of rotatable bonds is 5. The van der Waals surface area contributed by atoms with Crippen molar-refractivity contribution >= 4 is 21.8 Å². The van der Waals surface area contributed by atoms with Crippen molar-refractivity contribution in [2.24, 2.45) is 0 Å². The second-order valence-electron chi connectivity index (χ2n) is 2.82. The van der Waals surface area contributed by atoms with Gasteiger partial charge in [0, 0.05) is 12.3 Å². The highest BCUT2D eigenvalue weighted by Gasteiger charge is 2.17. The van der Waals surface area contributed by atoms with Crippen LogP contribution in [0.5, 0.6) is 0 Å². The lowest BCUT2D eigenvalue weighted by atomic mass is 10.4. The number of hydrogen-bond donors (Lipinski definition) is 1. The highest BCUT2D eigenvalue weighted by Crippen LogP contribution is 2.12. The van der Waals surface area contributed by atoms with Crippen LogP contribution in [0.15, 0.2) is 29.2 Å². The Morgan fingerprint density at radius 3 is 2.67 bits per heavy atom. The van der Waals surface area contributed by atoms with E-state index < -0.39 is 15.8 Å². The van der Waals surface area contributed by atoms with Crippen LogP contribution in [0.4, 0.5) is 4.39 Å². The Morgan fingerprint density at radius 1 is 1.40 bits per heavy atom. The summed E-state index contributed by atoms with van der Waals surface area (Å²) >= 11 is 1.52. The zero-order valence-electron chi connectivity index (χ0n) is 8.23. The van der Waals surface area contributed by atoms with Gasteiger partial charge in [0.15, 0.2) is 0 Å². The van der Waals surface area contributed by atoms with Gasteiger partial charge in [-0.15, -0.1) is 0 Å². The summed E-state index contributed by atoms with van der Waals surface area (Å²) in [6.07, 6.45) is 1.87. The Labute approximate surface area is 93.1 Å². The molecule has 0 radical (unpaired) electrons. The van der Waals surface area contributed by atoms with Gasteiger partial charge in [0.1, 0.15) is 10.7 Å². The van der Waals surface area contributed by atoms with Gasteiger partial charge in [-0.25, -0.2) is 17.5 Å². The monoisotopic (exact) mass is 249 g/mol. The average Bonchev–Trinajstić information content (AvgIpc) is 2.18. The normalized spacial score (nSPS) is 11.6. The second kappa shape index (κ2) is 5.48. The third-order valence-electron chi connectivity index (χ3n) is 1.72. The summed E-state index contributed by atoms with van der Waals surface area (Å²) in [5.41, 5.74) is 0. The maximum absolute atomic E-state index is 13.2. The minimum Gasteiger partial charge on any atom is -0.210 e. The summed E-state index contributed by atoms with van der Waals surface area (Å²) in [6, 6.07) is 5.32. The molecular formula is C9H12FNO2S2. The molecule has 0 saturated carbocycles. The van der Waals surface area contributed by atoms with E-state index in [0.717, 1.165) is 6.07 Å². The van der Waals surface area contributed by atoms with Gasteiger partial charge in [0.05, 0.1) is 0 Å². The molecule has 15 heavy (non-hydrogen) atoms. The van der Waals surface area contributed by atoms with E-state index in [-0.39, 0.29) is 4.90 Å². The van der Waals surface area contributed by atoms with Crippen LogP contribution < -0.4 is 4.72 Å². The Hall–Kier alpha value is -0.590. The molecule has 0 bridgehead atoms. The summed E-state index contributed by atoms with van der Waals surface area (Å²) in [4.78, 5) is -0.300. The summed E-state index contributed by atoms with van der Waals surface area (Å²) in [6.45, 7) is 0.303. The first kappa shape index (κ1) is 12.5. The molecule has 1 aromatic carbocycles. The molecule has 0 heterocycles. The number of benzene rings is 1. The average molecular weight is 249 g/mol. The van der Waals surface area contributed by atoms with E-state index in [1.54, 1.807) is 0 Å². The molecule has 0 aromatic heterocycles. The molecular weight excluding hydrogens is 237 g/mol. The van der Waals surface area contributed by atoms with Gasteiger partial charge >= 0.3 is 0 Å². The number of hydrogen-bond acceptors (Lipinski definition) is 3.